The SMILES string of the molecule is COc1ccc(/C=C2\S/C(=N/c3nnc(C)s3)N(c3ccccc3)C2=O)c(OC)c1OC. The molecule has 0 N–H and O–H groups in total. The number of nitrogens with zero attached hydrogens (tertiary/aromatic N) is 4. The first-order chi connectivity index (χ1) is 15.5. The monoisotopic (exact) mass is 468 g/mol. The Morgan fingerprint density at radius 1 is 0.969 bits per heavy atom. The number of thioether (sulfide) groups is 1. The van der Waals surface area contributed by atoms with Crippen LogP contribution in [0.3, 0.4) is 0 Å². The molecule has 8 nitrogen and oxygen atoms in total. The number of amidine groups is 1. The molecule has 3 aromatic rings. The molecular formula is C22H20N4O4S2. The summed E-state index contributed by atoms with van der Waals surface area (Å²) in [7, 11) is 4.64. The number of aryl methyl sites for hydroxylation is 1. The van der Waals surface area contributed by atoms with Crippen LogP contribution in [0.15, 0.2) is 52.4 Å². The van der Waals surface area contributed by atoms with Crippen LogP contribution in [-0.2, 0) is 4.79 Å². The van der Waals surface area contributed by atoms with Gasteiger partial charge >= 0.3 is 0 Å². The van der Waals surface area contributed by atoms with Crippen molar-refractivity contribution in [3.63, 3.8) is 0 Å². The number of methoxy groups -OCH3 is 3. The Bertz CT molecular complexity index is 1210. The predicted molar refractivity (Wildman–Crippen MR) is 127 cm³/mol. The number of aliphatic imine (C=N–C) groups is 1. The minimum atomic E-state index is -0.196. The van der Waals surface area contributed by atoms with E-state index in [2.05, 4.69) is 15.2 Å². The summed E-state index contributed by atoms with van der Waals surface area (Å²) >= 11 is 2.62. The van der Waals surface area contributed by atoms with E-state index in [0.717, 1.165) is 5.01 Å². The molecule has 0 saturated carbocycles. The van der Waals surface area contributed by atoms with Crippen LogP contribution in [0.5, 0.6) is 17.2 Å². The van der Waals surface area contributed by atoms with E-state index in [4.69, 9.17) is 14.2 Å². The molecule has 1 amide bonds. The molecule has 1 aromatic heterocycles. The fraction of sp³-hybridized carbons (Fsp3) is 0.182. The Kier molecular flexibility index (Phi) is 6.42. The van der Waals surface area contributed by atoms with E-state index in [-0.39, 0.29) is 5.91 Å². The first-order valence-corrected chi connectivity index (χ1v) is 11.2. The number of rotatable bonds is 6. The Morgan fingerprint density at radius 3 is 2.34 bits per heavy atom. The summed E-state index contributed by atoms with van der Waals surface area (Å²) in [6, 6.07) is 13.0. The normalized spacial score (nSPS) is 16.1. The van der Waals surface area contributed by atoms with Gasteiger partial charge in [-0.2, -0.15) is 4.99 Å². The highest BCUT2D eigenvalue weighted by Gasteiger charge is 2.35. The number of aromatic nitrogens is 2. The van der Waals surface area contributed by atoms with E-state index in [9.17, 15) is 4.79 Å². The highest BCUT2D eigenvalue weighted by atomic mass is 32.2. The van der Waals surface area contributed by atoms with Crippen molar-refractivity contribution in [2.75, 3.05) is 26.2 Å². The molecule has 2 heterocycles. The molecule has 0 aliphatic carbocycles. The van der Waals surface area contributed by atoms with Crippen molar-refractivity contribution in [2.24, 2.45) is 4.99 Å². The van der Waals surface area contributed by atoms with Gasteiger partial charge in [0.15, 0.2) is 16.7 Å². The molecule has 0 unspecified atom stereocenters. The van der Waals surface area contributed by atoms with Gasteiger partial charge in [0.25, 0.3) is 5.91 Å². The molecule has 0 bridgehead atoms. The second kappa shape index (κ2) is 9.41. The summed E-state index contributed by atoms with van der Waals surface area (Å²) in [6.07, 6.45) is 1.76. The van der Waals surface area contributed by atoms with E-state index in [1.165, 1.54) is 23.1 Å². The smallest absolute Gasteiger partial charge is 0.271 e. The lowest BCUT2D eigenvalue weighted by molar-refractivity contribution is -0.113. The predicted octanol–water partition coefficient (Wildman–Crippen LogP) is 4.68. The number of hydrogen-bond donors (Lipinski definition) is 0. The van der Waals surface area contributed by atoms with Crippen LogP contribution in [0.4, 0.5) is 10.8 Å². The molecule has 2 aromatic carbocycles. The van der Waals surface area contributed by atoms with Gasteiger partial charge in [-0.25, -0.2) is 0 Å². The standard InChI is InChI=1S/C22H20N4O4S2/c1-13-24-25-21(31-13)23-22-26(15-8-6-5-7-9-15)20(27)17(32-22)12-14-10-11-16(28-2)19(30-4)18(14)29-3/h5-12H,1-4H3/b17-12-,23-22+. The Balaban J connectivity index is 1.80. The molecule has 0 spiro atoms. The highest BCUT2D eigenvalue weighted by molar-refractivity contribution is 8.19. The Morgan fingerprint density at radius 2 is 1.72 bits per heavy atom. The maximum absolute atomic E-state index is 13.4. The van der Waals surface area contributed by atoms with E-state index in [1.807, 2.05) is 43.3 Å². The molecule has 1 aliphatic heterocycles. The fourth-order valence-electron chi connectivity index (χ4n) is 3.15. The van der Waals surface area contributed by atoms with Crippen LogP contribution < -0.4 is 19.1 Å². The number of carbonyl (C=O) groups is 1. The molecule has 0 radical (unpaired) electrons. The van der Waals surface area contributed by atoms with E-state index in [1.54, 1.807) is 38.4 Å². The van der Waals surface area contributed by atoms with Crippen LogP contribution in [0, 0.1) is 6.92 Å². The van der Waals surface area contributed by atoms with Crippen LogP contribution in [-0.4, -0.2) is 42.6 Å². The van der Waals surface area contributed by atoms with Crippen molar-refractivity contribution in [3.8, 4) is 17.2 Å². The maximum Gasteiger partial charge on any atom is 0.271 e. The van der Waals surface area contributed by atoms with Gasteiger partial charge in [-0.3, -0.25) is 9.69 Å². The van der Waals surface area contributed by atoms with Crippen molar-refractivity contribution >= 4 is 51.1 Å². The summed E-state index contributed by atoms with van der Waals surface area (Å²) in [4.78, 5) is 20.1. The van der Waals surface area contributed by atoms with Gasteiger partial charge in [-0.15, -0.1) is 10.2 Å². The fourth-order valence-corrected chi connectivity index (χ4v) is 4.74. The highest BCUT2D eigenvalue weighted by Crippen LogP contribution is 2.43. The molecule has 32 heavy (non-hydrogen) atoms. The van der Waals surface area contributed by atoms with E-state index in [0.29, 0.717) is 43.7 Å². The molecule has 1 aliphatic rings. The van der Waals surface area contributed by atoms with Gasteiger partial charge in [0, 0.05) is 5.56 Å². The topological polar surface area (TPSA) is 86.1 Å². The third-order valence-electron chi connectivity index (χ3n) is 4.55. The van der Waals surface area contributed by atoms with E-state index < -0.39 is 0 Å². The third-order valence-corrected chi connectivity index (χ3v) is 6.25. The summed E-state index contributed by atoms with van der Waals surface area (Å²) in [5.74, 6) is 1.27. The van der Waals surface area contributed by atoms with Gasteiger partial charge in [0.1, 0.15) is 5.01 Å². The molecule has 1 fully saturated rings. The van der Waals surface area contributed by atoms with Gasteiger partial charge < -0.3 is 14.2 Å². The molecule has 1 saturated heterocycles. The number of benzene rings is 2. The molecular weight excluding hydrogens is 448 g/mol. The van der Waals surface area contributed by atoms with Crippen LogP contribution >= 0.6 is 23.1 Å². The number of carbonyl (C=O) groups excluding carboxylic acids is 1. The lowest BCUT2D eigenvalue weighted by Crippen LogP contribution is -2.28. The summed E-state index contributed by atoms with van der Waals surface area (Å²) in [5.41, 5.74) is 1.40. The number of anilines is 1. The van der Waals surface area contributed by atoms with Crippen LogP contribution in [0.1, 0.15) is 10.6 Å². The van der Waals surface area contributed by atoms with Crippen molar-refractivity contribution in [2.45, 2.75) is 6.92 Å². The lowest BCUT2D eigenvalue weighted by atomic mass is 10.1. The van der Waals surface area contributed by atoms with Crippen molar-refractivity contribution in [1.82, 2.24) is 10.2 Å². The Hall–Kier alpha value is -3.37. The maximum atomic E-state index is 13.4. The quantitative estimate of drug-likeness (QED) is 0.486. The van der Waals surface area contributed by atoms with Crippen molar-refractivity contribution in [1.29, 1.82) is 0 Å². The number of hydrogen-bond acceptors (Lipinski definition) is 9. The summed E-state index contributed by atoms with van der Waals surface area (Å²) < 4.78 is 16.4. The zero-order valence-electron chi connectivity index (χ0n) is 17.9. The Labute approximate surface area is 193 Å². The lowest BCUT2D eigenvalue weighted by Gasteiger charge is -2.15. The van der Waals surface area contributed by atoms with Gasteiger partial charge in [0.2, 0.25) is 10.9 Å². The third kappa shape index (κ3) is 4.19. The van der Waals surface area contributed by atoms with E-state index >= 15 is 0 Å². The van der Waals surface area contributed by atoms with Gasteiger partial charge in [-0.05, 0) is 49.0 Å². The van der Waals surface area contributed by atoms with Gasteiger partial charge in [-0.1, -0.05) is 29.5 Å². The number of amides is 1. The average Bonchev–Trinajstić information content (AvgIpc) is 3.36. The van der Waals surface area contributed by atoms with Crippen molar-refractivity contribution in [3.05, 3.63) is 57.9 Å². The number of para-hydroxylation sites is 1. The van der Waals surface area contributed by atoms with Gasteiger partial charge in [0.05, 0.1) is 31.9 Å². The second-order valence-electron chi connectivity index (χ2n) is 6.51. The molecule has 4 rings (SSSR count). The first kappa shape index (κ1) is 21.8. The largest absolute Gasteiger partial charge is 0.493 e. The number of ether oxygens (including phenoxy) is 3. The minimum Gasteiger partial charge on any atom is -0.493 e. The molecule has 10 heteroatoms. The van der Waals surface area contributed by atoms with Crippen LogP contribution in [0.2, 0.25) is 0 Å². The average molecular weight is 469 g/mol. The molecule has 164 valence electrons. The summed E-state index contributed by atoms with van der Waals surface area (Å²) in [6.45, 7) is 1.86. The van der Waals surface area contributed by atoms with Crippen molar-refractivity contribution < 1.29 is 19.0 Å². The minimum absolute atomic E-state index is 0.196. The first-order valence-electron chi connectivity index (χ1n) is 9.52. The zero-order chi connectivity index (χ0) is 22.7. The summed E-state index contributed by atoms with van der Waals surface area (Å²) in [5, 5.41) is 9.88. The van der Waals surface area contributed by atoms with Crippen LogP contribution in [0.25, 0.3) is 6.08 Å². The second-order valence-corrected chi connectivity index (χ2v) is 8.68. The molecule has 0 atom stereocenters. The zero-order valence-corrected chi connectivity index (χ0v) is 19.5.